The average Bonchev–Trinajstić information content (AvgIpc) is 2.14. The Hall–Kier alpha value is -0.830. The molecule has 0 spiro atoms. The highest BCUT2D eigenvalue weighted by molar-refractivity contribution is 5.81. The van der Waals surface area contributed by atoms with Crippen LogP contribution < -0.4 is 5.32 Å². The molecule has 0 atom stereocenters. The molecule has 0 aromatic carbocycles. The summed E-state index contributed by atoms with van der Waals surface area (Å²) in [6, 6.07) is 0. The van der Waals surface area contributed by atoms with E-state index in [-0.39, 0.29) is 11.3 Å². The second-order valence-corrected chi connectivity index (χ2v) is 4.62. The summed E-state index contributed by atoms with van der Waals surface area (Å²) >= 11 is 0. The maximum atomic E-state index is 11.5. The van der Waals surface area contributed by atoms with E-state index >= 15 is 0 Å². The van der Waals surface area contributed by atoms with Crippen LogP contribution in [0.3, 0.4) is 0 Å². The topological polar surface area (TPSA) is 38.3 Å². The number of amides is 1. The zero-order chi connectivity index (χ0) is 10.6. The van der Waals surface area contributed by atoms with Gasteiger partial charge in [0.1, 0.15) is 0 Å². The quantitative estimate of drug-likeness (QED) is 0.681. The predicted octanol–water partition coefficient (Wildman–Crippen LogP) is 1.50. The van der Waals surface area contributed by atoms with Gasteiger partial charge in [-0.1, -0.05) is 32.4 Å². The smallest absolute Gasteiger partial charge is 0.225 e. The molecule has 1 aliphatic heterocycles. The molecule has 1 N–H and O–H groups in total. The van der Waals surface area contributed by atoms with E-state index in [1.165, 1.54) is 5.57 Å². The molecule has 3 heteroatoms. The van der Waals surface area contributed by atoms with Crippen molar-refractivity contribution in [1.29, 1.82) is 0 Å². The van der Waals surface area contributed by atoms with Gasteiger partial charge in [0.15, 0.2) is 0 Å². The summed E-state index contributed by atoms with van der Waals surface area (Å²) in [6.45, 7) is 7.87. The van der Waals surface area contributed by atoms with Gasteiger partial charge in [0.25, 0.3) is 0 Å². The normalized spacial score (nSPS) is 17.5. The van der Waals surface area contributed by atoms with Gasteiger partial charge in [-0.15, -0.1) is 0 Å². The number of nitrogens with one attached hydrogen (secondary N) is 1. The first-order valence-corrected chi connectivity index (χ1v) is 5.04. The maximum Gasteiger partial charge on any atom is 0.225 e. The average molecular weight is 197 g/mol. The molecular weight excluding hydrogens is 178 g/mol. The van der Waals surface area contributed by atoms with Crippen LogP contribution in [-0.4, -0.2) is 25.7 Å². The molecule has 3 nitrogen and oxygen atoms in total. The van der Waals surface area contributed by atoms with Crippen LogP contribution in [0.1, 0.15) is 27.2 Å². The van der Waals surface area contributed by atoms with Gasteiger partial charge in [0, 0.05) is 12.0 Å². The number of ether oxygens (including phenoxy) is 1. The number of carbonyl (C=O) groups excluding carboxylic acids is 1. The fraction of sp³-hybridized carbons (Fsp3) is 0.727. The molecule has 0 bridgehead atoms. The van der Waals surface area contributed by atoms with Crippen molar-refractivity contribution < 1.29 is 9.53 Å². The van der Waals surface area contributed by atoms with Crippen LogP contribution in [0, 0.1) is 5.41 Å². The first-order valence-electron chi connectivity index (χ1n) is 5.04. The SMILES string of the molecule is CC(C)(C)C(=O)NCC1=CCOCC1. The van der Waals surface area contributed by atoms with E-state index in [0.29, 0.717) is 13.2 Å². The molecule has 0 saturated carbocycles. The minimum atomic E-state index is -0.300. The molecule has 1 aliphatic rings. The van der Waals surface area contributed by atoms with Gasteiger partial charge in [-0.25, -0.2) is 0 Å². The Kier molecular flexibility index (Phi) is 3.69. The second kappa shape index (κ2) is 4.60. The second-order valence-electron chi connectivity index (χ2n) is 4.62. The lowest BCUT2D eigenvalue weighted by molar-refractivity contribution is -0.128. The van der Waals surface area contributed by atoms with Crippen molar-refractivity contribution in [3.63, 3.8) is 0 Å². The summed E-state index contributed by atoms with van der Waals surface area (Å²) in [6.07, 6.45) is 2.98. The third-order valence-electron chi connectivity index (χ3n) is 2.21. The van der Waals surface area contributed by atoms with Crippen LogP contribution in [0.5, 0.6) is 0 Å². The van der Waals surface area contributed by atoms with Crippen LogP contribution in [0.4, 0.5) is 0 Å². The number of hydrogen-bond donors (Lipinski definition) is 1. The van der Waals surface area contributed by atoms with Gasteiger partial charge in [-0.3, -0.25) is 4.79 Å². The van der Waals surface area contributed by atoms with Crippen molar-refractivity contribution in [2.24, 2.45) is 5.41 Å². The summed E-state index contributed by atoms with van der Waals surface area (Å²) in [5.74, 6) is 0.102. The Morgan fingerprint density at radius 2 is 2.29 bits per heavy atom. The van der Waals surface area contributed by atoms with Crippen molar-refractivity contribution in [3.8, 4) is 0 Å². The standard InChI is InChI=1S/C11H19NO2/c1-11(2,3)10(13)12-8-9-4-6-14-7-5-9/h4H,5-8H2,1-3H3,(H,12,13). The summed E-state index contributed by atoms with van der Waals surface area (Å²) < 4.78 is 5.18. The van der Waals surface area contributed by atoms with E-state index in [2.05, 4.69) is 5.32 Å². The molecule has 1 heterocycles. The van der Waals surface area contributed by atoms with Gasteiger partial charge in [0.2, 0.25) is 5.91 Å². The number of rotatable bonds is 2. The molecule has 1 amide bonds. The Morgan fingerprint density at radius 1 is 1.57 bits per heavy atom. The zero-order valence-electron chi connectivity index (χ0n) is 9.22. The van der Waals surface area contributed by atoms with E-state index in [0.717, 1.165) is 13.0 Å². The Bertz CT molecular complexity index is 238. The summed E-state index contributed by atoms with van der Waals surface area (Å²) in [7, 11) is 0. The Balaban J connectivity index is 2.33. The van der Waals surface area contributed by atoms with Crippen LogP contribution in [0.25, 0.3) is 0 Å². The Morgan fingerprint density at radius 3 is 2.79 bits per heavy atom. The first-order chi connectivity index (χ1) is 6.50. The molecule has 0 unspecified atom stereocenters. The molecular formula is C11H19NO2. The molecule has 0 aromatic rings. The molecule has 1 rings (SSSR count). The summed E-state index contributed by atoms with van der Waals surface area (Å²) in [5, 5.41) is 2.93. The van der Waals surface area contributed by atoms with E-state index in [1.54, 1.807) is 0 Å². The number of carbonyl (C=O) groups is 1. The highest BCUT2D eigenvalue weighted by Crippen LogP contribution is 2.13. The van der Waals surface area contributed by atoms with E-state index in [4.69, 9.17) is 4.74 Å². The van der Waals surface area contributed by atoms with Crippen molar-refractivity contribution in [2.45, 2.75) is 27.2 Å². The largest absolute Gasteiger partial charge is 0.377 e. The fourth-order valence-corrected chi connectivity index (χ4v) is 1.18. The lowest BCUT2D eigenvalue weighted by atomic mass is 9.95. The summed E-state index contributed by atoms with van der Waals surface area (Å²) in [4.78, 5) is 11.5. The molecule has 0 aliphatic carbocycles. The minimum absolute atomic E-state index is 0.102. The first kappa shape index (κ1) is 11.2. The van der Waals surface area contributed by atoms with Crippen LogP contribution >= 0.6 is 0 Å². The molecule has 0 radical (unpaired) electrons. The van der Waals surface area contributed by atoms with Crippen LogP contribution in [-0.2, 0) is 9.53 Å². The third-order valence-corrected chi connectivity index (χ3v) is 2.21. The lowest BCUT2D eigenvalue weighted by Crippen LogP contribution is -2.36. The molecule has 0 fully saturated rings. The predicted molar refractivity (Wildman–Crippen MR) is 56.0 cm³/mol. The van der Waals surface area contributed by atoms with Crippen molar-refractivity contribution >= 4 is 5.91 Å². The highest BCUT2D eigenvalue weighted by Gasteiger charge is 2.20. The molecule has 14 heavy (non-hydrogen) atoms. The van der Waals surface area contributed by atoms with Gasteiger partial charge >= 0.3 is 0 Å². The monoisotopic (exact) mass is 197 g/mol. The van der Waals surface area contributed by atoms with Gasteiger partial charge < -0.3 is 10.1 Å². The highest BCUT2D eigenvalue weighted by atomic mass is 16.5. The Labute approximate surface area is 85.5 Å². The van der Waals surface area contributed by atoms with E-state index in [1.807, 2.05) is 26.8 Å². The van der Waals surface area contributed by atoms with E-state index in [9.17, 15) is 4.79 Å². The van der Waals surface area contributed by atoms with Crippen molar-refractivity contribution in [3.05, 3.63) is 11.6 Å². The van der Waals surface area contributed by atoms with Gasteiger partial charge in [0.05, 0.1) is 13.2 Å². The molecule has 0 saturated heterocycles. The van der Waals surface area contributed by atoms with Crippen molar-refractivity contribution in [1.82, 2.24) is 5.32 Å². The fourth-order valence-electron chi connectivity index (χ4n) is 1.18. The van der Waals surface area contributed by atoms with Crippen LogP contribution in [0.2, 0.25) is 0 Å². The van der Waals surface area contributed by atoms with Gasteiger partial charge in [-0.2, -0.15) is 0 Å². The van der Waals surface area contributed by atoms with Gasteiger partial charge in [-0.05, 0) is 6.42 Å². The van der Waals surface area contributed by atoms with E-state index < -0.39 is 0 Å². The molecule has 80 valence electrons. The molecule has 0 aromatic heterocycles. The van der Waals surface area contributed by atoms with Crippen LogP contribution in [0.15, 0.2) is 11.6 Å². The number of hydrogen-bond acceptors (Lipinski definition) is 2. The third kappa shape index (κ3) is 3.50. The zero-order valence-corrected chi connectivity index (χ0v) is 9.22. The van der Waals surface area contributed by atoms with Crippen molar-refractivity contribution in [2.75, 3.05) is 19.8 Å². The lowest BCUT2D eigenvalue weighted by Gasteiger charge is -2.19. The summed E-state index contributed by atoms with van der Waals surface area (Å²) in [5.41, 5.74) is 0.972. The maximum absolute atomic E-state index is 11.5. The minimum Gasteiger partial charge on any atom is -0.377 e.